The van der Waals surface area contributed by atoms with Crippen LogP contribution in [0.2, 0.25) is 5.02 Å². The van der Waals surface area contributed by atoms with E-state index < -0.39 is 0 Å². The Kier molecular flexibility index (Phi) is 4.91. The Hall–Kier alpha value is -3.31. The van der Waals surface area contributed by atoms with Crippen LogP contribution in [0, 0.1) is 12.7 Å². The maximum Gasteiger partial charge on any atom is 0.322 e. The Morgan fingerprint density at radius 1 is 1.13 bits per heavy atom. The van der Waals surface area contributed by atoms with Gasteiger partial charge in [-0.2, -0.15) is 0 Å². The zero-order chi connectivity index (χ0) is 21.5. The topological polar surface area (TPSA) is 48.1 Å². The lowest BCUT2D eigenvalue weighted by Gasteiger charge is -2.36. The summed E-state index contributed by atoms with van der Waals surface area (Å²) in [7, 11) is 0. The highest BCUT2D eigenvalue weighted by Gasteiger charge is 2.34. The molecular weight excluding hydrogens is 413 g/mol. The second-order valence-corrected chi connectivity index (χ2v) is 8.29. The summed E-state index contributed by atoms with van der Waals surface area (Å²) < 4.78 is 13.6. The van der Waals surface area contributed by atoms with Crippen molar-refractivity contribution in [3.05, 3.63) is 100.0 Å². The molecular formula is C25H21ClFN3O. The number of amides is 2. The van der Waals surface area contributed by atoms with Gasteiger partial charge in [-0.3, -0.25) is 0 Å². The lowest BCUT2D eigenvalue weighted by atomic mass is 9.92. The molecule has 2 N–H and O–H groups in total. The predicted molar refractivity (Wildman–Crippen MR) is 122 cm³/mol. The maximum absolute atomic E-state index is 13.6. The lowest BCUT2D eigenvalue weighted by Crippen LogP contribution is -2.43. The molecule has 1 atom stereocenters. The number of nitrogens with one attached hydrogen (secondary N) is 2. The van der Waals surface area contributed by atoms with E-state index in [1.54, 1.807) is 29.2 Å². The molecule has 0 bridgehead atoms. The van der Waals surface area contributed by atoms with E-state index in [-0.39, 0.29) is 17.9 Å². The van der Waals surface area contributed by atoms with Crippen molar-refractivity contribution in [2.24, 2.45) is 0 Å². The van der Waals surface area contributed by atoms with Crippen LogP contribution < -0.4 is 5.32 Å². The van der Waals surface area contributed by atoms with Gasteiger partial charge in [0.2, 0.25) is 0 Å². The summed E-state index contributed by atoms with van der Waals surface area (Å²) in [5.41, 5.74) is 5.67. The summed E-state index contributed by atoms with van der Waals surface area (Å²) in [5.74, 6) is -0.304. The van der Waals surface area contributed by atoms with Crippen molar-refractivity contribution in [2.45, 2.75) is 19.4 Å². The summed E-state index contributed by atoms with van der Waals surface area (Å²) >= 11 is 6.13. The lowest BCUT2D eigenvalue weighted by molar-refractivity contribution is 0.193. The van der Waals surface area contributed by atoms with Crippen LogP contribution in [0.4, 0.5) is 14.9 Å². The fraction of sp³-hybridized carbons (Fsp3) is 0.160. The van der Waals surface area contributed by atoms with Gasteiger partial charge in [-0.1, -0.05) is 48.0 Å². The number of rotatable bonds is 2. The molecule has 0 saturated heterocycles. The van der Waals surface area contributed by atoms with Gasteiger partial charge in [-0.15, -0.1) is 0 Å². The molecule has 31 heavy (non-hydrogen) atoms. The normalized spacial score (nSPS) is 15.7. The van der Waals surface area contributed by atoms with Crippen molar-refractivity contribution in [3.8, 4) is 0 Å². The number of H-pyrrole nitrogens is 1. The van der Waals surface area contributed by atoms with Crippen LogP contribution in [0.3, 0.4) is 0 Å². The number of para-hydroxylation sites is 1. The Morgan fingerprint density at radius 3 is 2.71 bits per heavy atom. The third kappa shape index (κ3) is 3.55. The van der Waals surface area contributed by atoms with Crippen molar-refractivity contribution in [1.82, 2.24) is 9.88 Å². The minimum atomic E-state index is -0.351. The Labute approximate surface area is 184 Å². The molecule has 3 aromatic carbocycles. The number of nitrogens with zero attached hydrogens (tertiary/aromatic N) is 1. The van der Waals surface area contributed by atoms with Gasteiger partial charge in [0, 0.05) is 33.9 Å². The molecule has 156 valence electrons. The van der Waals surface area contributed by atoms with Crippen LogP contribution in [0.15, 0.2) is 66.7 Å². The van der Waals surface area contributed by atoms with Gasteiger partial charge in [0.05, 0.1) is 6.04 Å². The number of aromatic nitrogens is 1. The number of halogens is 2. The first kappa shape index (κ1) is 19.6. The number of aromatic amines is 1. The molecule has 4 aromatic rings. The number of carbonyl (C=O) groups excluding carboxylic acids is 1. The molecule has 1 aliphatic rings. The molecule has 1 aromatic heterocycles. The van der Waals surface area contributed by atoms with Crippen molar-refractivity contribution >= 4 is 34.2 Å². The number of carbonyl (C=O) groups is 1. The summed E-state index contributed by atoms with van der Waals surface area (Å²) in [6.07, 6.45) is 0.735. The number of urea groups is 1. The van der Waals surface area contributed by atoms with E-state index in [2.05, 4.69) is 16.4 Å². The Morgan fingerprint density at radius 2 is 1.90 bits per heavy atom. The van der Waals surface area contributed by atoms with Crippen molar-refractivity contribution in [3.63, 3.8) is 0 Å². The largest absolute Gasteiger partial charge is 0.356 e. The molecule has 6 heteroatoms. The van der Waals surface area contributed by atoms with Crippen LogP contribution in [-0.4, -0.2) is 22.5 Å². The second-order valence-electron chi connectivity index (χ2n) is 7.85. The molecule has 0 radical (unpaired) electrons. The summed E-state index contributed by atoms with van der Waals surface area (Å²) in [6.45, 7) is 2.47. The molecule has 5 rings (SSSR count). The molecule has 0 unspecified atom stereocenters. The maximum atomic E-state index is 13.6. The smallest absolute Gasteiger partial charge is 0.322 e. The molecule has 0 saturated carbocycles. The monoisotopic (exact) mass is 433 g/mol. The van der Waals surface area contributed by atoms with Crippen molar-refractivity contribution in [2.75, 3.05) is 11.9 Å². The van der Waals surface area contributed by atoms with E-state index in [0.29, 0.717) is 17.3 Å². The minimum Gasteiger partial charge on any atom is -0.356 e. The molecule has 4 nitrogen and oxygen atoms in total. The first-order chi connectivity index (χ1) is 15.0. The van der Waals surface area contributed by atoms with Gasteiger partial charge in [0.1, 0.15) is 5.82 Å². The highest BCUT2D eigenvalue weighted by molar-refractivity contribution is 6.31. The van der Waals surface area contributed by atoms with Crippen molar-refractivity contribution in [1.29, 1.82) is 0 Å². The van der Waals surface area contributed by atoms with Gasteiger partial charge in [0.15, 0.2) is 0 Å². The minimum absolute atomic E-state index is 0.219. The average molecular weight is 434 g/mol. The summed E-state index contributed by atoms with van der Waals surface area (Å²) in [4.78, 5) is 18.7. The van der Waals surface area contributed by atoms with Crippen LogP contribution in [0.1, 0.15) is 28.4 Å². The van der Waals surface area contributed by atoms with Crippen molar-refractivity contribution < 1.29 is 9.18 Å². The van der Waals surface area contributed by atoms with E-state index in [4.69, 9.17) is 11.6 Å². The zero-order valence-corrected chi connectivity index (χ0v) is 17.7. The standard InChI is InChI=1S/C25H21ClFN3O/c1-15-6-9-17(26)14-22(15)29-25(31)30-13-12-20-19-4-2-3-5-21(19)28-23(20)24(30)16-7-10-18(27)11-8-16/h2-11,14,24,28H,12-13H2,1H3,(H,29,31)/t24-/m0/s1. The van der Waals surface area contributed by atoms with Gasteiger partial charge in [-0.25, -0.2) is 9.18 Å². The number of hydrogen-bond donors (Lipinski definition) is 2. The zero-order valence-electron chi connectivity index (χ0n) is 17.0. The fourth-order valence-corrected chi connectivity index (χ4v) is 4.54. The number of anilines is 1. The van der Waals surface area contributed by atoms with Gasteiger partial charge in [0.25, 0.3) is 0 Å². The number of fused-ring (bicyclic) bond motifs is 3. The fourth-order valence-electron chi connectivity index (χ4n) is 4.37. The van der Waals surface area contributed by atoms with Gasteiger partial charge in [-0.05, 0) is 60.4 Å². The van der Waals surface area contributed by atoms with E-state index in [1.165, 1.54) is 17.7 Å². The third-order valence-electron chi connectivity index (χ3n) is 5.92. The molecule has 2 heterocycles. The second kappa shape index (κ2) is 7.75. The first-order valence-corrected chi connectivity index (χ1v) is 10.6. The molecule has 1 aliphatic heterocycles. The Bertz CT molecular complexity index is 1280. The van der Waals surface area contributed by atoms with E-state index in [0.717, 1.165) is 34.1 Å². The molecule has 2 amide bonds. The van der Waals surface area contributed by atoms with Gasteiger partial charge >= 0.3 is 6.03 Å². The van der Waals surface area contributed by atoms with Gasteiger partial charge < -0.3 is 15.2 Å². The van der Waals surface area contributed by atoms with Crippen LogP contribution >= 0.6 is 11.6 Å². The van der Waals surface area contributed by atoms with E-state index in [9.17, 15) is 9.18 Å². The predicted octanol–water partition coefficient (Wildman–Crippen LogP) is 6.45. The first-order valence-electron chi connectivity index (χ1n) is 10.2. The van der Waals surface area contributed by atoms with Crippen LogP contribution in [0.25, 0.3) is 10.9 Å². The number of aryl methyl sites for hydroxylation is 1. The SMILES string of the molecule is Cc1ccc(Cl)cc1NC(=O)N1CCc2c([nH]c3ccccc23)[C@@H]1c1ccc(F)cc1. The molecule has 0 fully saturated rings. The molecule has 0 aliphatic carbocycles. The quantitative estimate of drug-likeness (QED) is 0.375. The van der Waals surface area contributed by atoms with E-state index in [1.807, 2.05) is 31.2 Å². The number of hydrogen-bond acceptors (Lipinski definition) is 1. The van der Waals surface area contributed by atoms with E-state index >= 15 is 0 Å². The highest BCUT2D eigenvalue weighted by atomic mass is 35.5. The average Bonchev–Trinajstić information content (AvgIpc) is 3.15. The third-order valence-corrected chi connectivity index (χ3v) is 6.16. The summed E-state index contributed by atoms with van der Waals surface area (Å²) in [6, 6.07) is 19.3. The molecule has 0 spiro atoms. The van der Waals surface area contributed by atoms with Crippen LogP contribution in [-0.2, 0) is 6.42 Å². The number of benzene rings is 3. The summed E-state index contributed by atoms with van der Waals surface area (Å²) in [5, 5.41) is 4.74. The van der Waals surface area contributed by atoms with Crippen LogP contribution in [0.5, 0.6) is 0 Å². The Balaban J connectivity index is 1.58. The highest BCUT2D eigenvalue weighted by Crippen LogP contribution is 2.38.